The van der Waals surface area contributed by atoms with Gasteiger partial charge < -0.3 is 18.6 Å². The summed E-state index contributed by atoms with van der Waals surface area (Å²) in [5, 5.41) is -1.31. The number of aryl methyl sites for hydroxylation is 1. The normalized spacial score (nSPS) is 27.4. The number of benzene rings is 1. The summed E-state index contributed by atoms with van der Waals surface area (Å²) < 4.78 is 43.1. The number of fused-ring (bicyclic) bond motifs is 1. The molecule has 2 bridgehead atoms. The van der Waals surface area contributed by atoms with Crippen LogP contribution in [0.25, 0.3) is 0 Å². The molecule has 0 aromatic heterocycles. The molecule has 4 rings (SSSR count). The van der Waals surface area contributed by atoms with Gasteiger partial charge in [-0.25, -0.2) is 4.21 Å². The van der Waals surface area contributed by atoms with Gasteiger partial charge in [-0.1, -0.05) is 38.5 Å². The zero-order valence-electron chi connectivity index (χ0n) is 26.5. The van der Waals surface area contributed by atoms with E-state index in [0.29, 0.717) is 4.90 Å². The minimum Gasteiger partial charge on any atom is -0.541 e. The van der Waals surface area contributed by atoms with Gasteiger partial charge in [0.15, 0.2) is 5.41 Å². The second kappa shape index (κ2) is 11.3. The van der Waals surface area contributed by atoms with Crippen LogP contribution in [0.2, 0.25) is 18.1 Å². The van der Waals surface area contributed by atoms with Crippen molar-refractivity contribution in [2.24, 2.45) is 15.7 Å². The van der Waals surface area contributed by atoms with Crippen molar-refractivity contribution in [3.8, 4) is 0 Å². The molecular weight excluding hydrogens is 590 g/mol. The van der Waals surface area contributed by atoms with Crippen molar-refractivity contribution in [3.63, 3.8) is 0 Å². The highest BCUT2D eigenvalue weighted by molar-refractivity contribution is 7.94. The first-order chi connectivity index (χ1) is 19.9. The Balaban J connectivity index is 1.99. The van der Waals surface area contributed by atoms with Crippen LogP contribution in [0.1, 0.15) is 59.9 Å². The van der Waals surface area contributed by atoms with Gasteiger partial charge in [-0.2, -0.15) is 4.36 Å². The Morgan fingerprint density at radius 2 is 1.63 bits per heavy atom. The molecule has 12 heteroatoms. The predicted molar refractivity (Wildman–Crippen MR) is 162 cm³/mol. The Morgan fingerprint density at radius 3 is 2.12 bits per heavy atom. The highest BCUT2D eigenvalue weighted by atomic mass is 32.2. The first-order valence-corrected chi connectivity index (χ1v) is 19.2. The number of Topliss-reactive ketones (excluding diaryl/α,β-unsaturated/α-hetero) is 1. The summed E-state index contributed by atoms with van der Waals surface area (Å²) in [6.45, 7) is 16.5. The third kappa shape index (κ3) is 5.39. The van der Waals surface area contributed by atoms with E-state index in [0.717, 1.165) is 5.56 Å². The molecule has 2 heterocycles. The van der Waals surface area contributed by atoms with Gasteiger partial charge in [0, 0.05) is 24.2 Å². The zero-order valence-corrected chi connectivity index (χ0v) is 28.3. The first kappa shape index (κ1) is 33.1. The van der Waals surface area contributed by atoms with Crippen molar-refractivity contribution in [3.05, 3.63) is 41.7 Å². The zero-order chi connectivity index (χ0) is 32.2. The fourth-order valence-electron chi connectivity index (χ4n) is 6.15. The second-order valence-corrected chi connectivity index (χ2v) is 20.2. The molecule has 1 aliphatic carbocycles. The van der Waals surface area contributed by atoms with E-state index in [4.69, 9.17) is 18.6 Å². The standard InChI is InChI=1S/C31H43NO9SSi/c1-10-38-27(35)30(28(36)39-11-2)17-22-25(42(37,32-20(4)33)21-14-12-19(3)13-15-21)23-16-24(26(34)31(22,18-30)40-23)41-43(8,9)29(5,6)7/h12-16,22-23,25H,10-11,17-18H2,1-9H3/t22-,23-,25-,31-,42?/m0/s1. The predicted octanol–water partition coefficient (Wildman–Crippen LogP) is 4.89. The van der Waals surface area contributed by atoms with Crippen LogP contribution in [0.3, 0.4) is 0 Å². The quantitative estimate of drug-likeness (QED) is 0.223. The van der Waals surface area contributed by atoms with Crippen LogP contribution in [0.4, 0.5) is 0 Å². The lowest BCUT2D eigenvalue weighted by atomic mass is 9.82. The highest BCUT2D eigenvalue weighted by Crippen LogP contribution is 2.62. The van der Waals surface area contributed by atoms with E-state index in [9.17, 15) is 19.2 Å². The van der Waals surface area contributed by atoms with E-state index >= 15 is 4.21 Å². The Morgan fingerprint density at radius 1 is 1.07 bits per heavy atom. The van der Waals surface area contributed by atoms with Gasteiger partial charge in [-0.3, -0.25) is 19.2 Å². The van der Waals surface area contributed by atoms with E-state index in [1.807, 2.05) is 40.8 Å². The summed E-state index contributed by atoms with van der Waals surface area (Å²) in [6.07, 6.45) is 0.0174. The number of ketones is 1. The van der Waals surface area contributed by atoms with Gasteiger partial charge in [0.05, 0.1) is 34.3 Å². The number of carbonyl (C=O) groups is 4. The molecule has 236 valence electrons. The molecular formula is C31H43NO9SSi. The highest BCUT2D eigenvalue weighted by Gasteiger charge is 2.75. The summed E-state index contributed by atoms with van der Waals surface area (Å²) in [6, 6.07) is 6.84. The fourth-order valence-corrected chi connectivity index (χ4v) is 9.87. The Labute approximate surface area is 255 Å². The average molecular weight is 634 g/mol. The van der Waals surface area contributed by atoms with Crippen molar-refractivity contribution in [1.29, 1.82) is 0 Å². The number of rotatable bonds is 8. The van der Waals surface area contributed by atoms with E-state index in [-0.39, 0.29) is 36.9 Å². The lowest BCUT2D eigenvalue weighted by molar-refractivity contribution is -0.174. The van der Waals surface area contributed by atoms with Gasteiger partial charge in [0.25, 0.3) is 14.2 Å². The number of amides is 1. The maximum atomic E-state index is 15.2. The van der Waals surface area contributed by atoms with Gasteiger partial charge in [0.1, 0.15) is 11.4 Å². The lowest BCUT2D eigenvalue weighted by Gasteiger charge is -2.40. The molecule has 1 aromatic carbocycles. The van der Waals surface area contributed by atoms with Crippen molar-refractivity contribution in [2.75, 3.05) is 13.2 Å². The molecule has 1 aromatic rings. The summed E-state index contributed by atoms with van der Waals surface area (Å²) in [5.74, 6) is -3.75. The number of ether oxygens (including phenoxy) is 3. The second-order valence-electron chi connectivity index (χ2n) is 13.2. The third-order valence-electron chi connectivity index (χ3n) is 9.22. The molecule has 2 aliphatic heterocycles. The maximum absolute atomic E-state index is 15.2. The smallest absolute Gasteiger partial charge is 0.323 e. The first-order valence-electron chi connectivity index (χ1n) is 14.7. The van der Waals surface area contributed by atoms with Crippen molar-refractivity contribution in [1.82, 2.24) is 0 Å². The summed E-state index contributed by atoms with van der Waals surface area (Å²) in [7, 11) is -6.17. The summed E-state index contributed by atoms with van der Waals surface area (Å²) in [5.41, 5.74) is -2.73. The number of carbonyl (C=O) groups excluding carboxylic acids is 4. The van der Waals surface area contributed by atoms with Crippen LogP contribution >= 0.6 is 0 Å². The maximum Gasteiger partial charge on any atom is 0.323 e. The van der Waals surface area contributed by atoms with Gasteiger partial charge in [0.2, 0.25) is 5.78 Å². The number of hydrogen-bond donors (Lipinski definition) is 0. The van der Waals surface area contributed by atoms with Crippen LogP contribution in [0, 0.1) is 18.3 Å². The number of esters is 2. The largest absolute Gasteiger partial charge is 0.541 e. The van der Waals surface area contributed by atoms with Crippen LogP contribution in [0.5, 0.6) is 0 Å². The molecule has 3 aliphatic rings. The Kier molecular flexibility index (Phi) is 8.66. The van der Waals surface area contributed by atoms with Crippen molar-refractivity contribution >= 4 is 41.7 Å². The summed E-state index contributed by atoms with van der Waals surface area (Å²) in [4.78, 5) is 54.5. The van der Waals surface area contributed by atoms with E-state index in [1.165, 1.54) is 6.92 Å². The number of hydrogen-bond acceptors (Lipinski definition) is 9. The van der Waals surface area contributed by atoms with E-state index in [2.05, 4.69) is 4.36 Å². The number of nitrogens with zero attached hydrogens (tertiary/aromatic N) is 1. The molecule has 10 nitrogen and oxygen atoms in total. The summed E-state index contributed by atoms with van der Waals surface area (Å²) >= 11 is 0. The SMILES string of the molecule is CCOC(=O)C1(C(=O)OCC)C[C@H]2[C@H](S(=O)(=NC(C)=O)c3ccc(C)cc3)[C@@H]3C=C(O[Si](C)(C)C(C)(C)C)C(=O)[C@@]2(C1)O3. The molecule has 0 radical (unpaired) electrons. The van der Waals surface area contributed by atoms with Crippen LogP contribution in [-0.4, -0.2) is 66.3 Å². The molecule has 2 fully saturated rings. The molecule has 1 saturated carbocycles. The van der Waals surface area contributed by atoms with Crippen LogP contribution < -0.4 is 0 Å². The van der Waals surface area contributed by atoms with Crippen LogP contribution in [0.15, 0.2) is 45.4 Å². The third-order valence-corrected chi connectivity index (χ3v) is 16.4. The van der Waals surface area contributed by atoms with Gasteiger partial charge >= 0.3 is 11.9 Å². The minimum atomic E-state index is -3.62. The van der Waals surface area contributed by atoms with Crippen molar-refractivity contribution < 1.29 is 42.0 Å². The minimum absolute atomic E-state index is 0.00206. The molecule has 5 atom stereocenters. The lowest BCUT2D eigenvalue weighted by Crippen LogP contribution is -2.50. The Hall–Kier alpha value is -2.83. The average Bonchev–Trinajstić information content (AvgIpc) is 3.35. The monoisotopic (exact) mass is 633 g/mol. The molecule has 0 N–H and O–H groups in total. The van der Waals surface area contributed by atoms with Gasteiger partial charge in [-0.15, -0.1) is 0 Å². The topological polar surface area (TPSA) is 135 Å². The fraction of sp³-hybridized carbons (Fsp3) is 0.613. The van der Waals surface area contributed by atoms with Gasteiger partial charge in [-0.05, 0) is 63.5 Å². The molecule has 1 unspecified atom stereocenters. The van der Waals surface area contributed by atoms with Crippen molar-refractivity contribution in [2.45, 2.75) is 101 Å². The molecule has 1 amide bonds. The molecule has 1 saturated heterocycles. The Bertz CT molecular complexity index is 1470. The van der Waals surface area contributed by atoms with E-state index in [1.54, 1.807) is 44.2 Å². The van der Waals surface area contributed by atoms with Crippen LogP contribution in [-0.2, 0) is 47.5 Å². The molecule has 43 heavy (non-hydrogen) atoms. The molecule has 1 spiro atoms. The van der Waals surface area contributed by atoms with E-state index < -0.39 is 70.0 Å².